The molecule has 0 fully saturated rings. The smallest absolute Gasteiger partial charge is 0.0784 e. The van der Waals surface area contributed by atoms with Gasteiger partial charge in [-0.15, -0.1) is 0 Å². The van der Waals surface area contributed by atoms with E-state index in [9.17, 15) is 0 Å². The number of hydrogen-bond donors (Lipinski definition) is 1. The van der Waals surface area contributed by atoms with E-state index in [2.05, 4.69) is 81.1 Å². The van der Waals surface area contributed by atoms with Gasteiger partial charge >= 0.3 is 0 Å². The quantitative estimate of drug-likeness (QED) is 0.329. The molecule has 0 spiro atoms. The molecule has 0 radical (unpaired) electrons. The van der Waals surface area contributed by atoms with E-state index in [1.165, 1.54) is 5.57 Å². The lowest BCUT2D eigenvalue weighted by Crippen LogP contribution is -2.32. The predicted molar refractivity (Wildman–Crippen MR) is 131 cm³/mol. The highest BCUT2D eigenvalue weighted by Crippen LogP contribution is 2.08. The fraction of sp³-hybridized carbons (Fsp3) is 0.538. The minimum atomic E-state index is 0.394. The van der Waals surface area contributed by atoms with Crippen molar-refractivity contribution in [2.24, 2.45) is 5.92 Å². The van der Waals surface area contributed by atoms with Crippen LogP contribution in [0, 0.1) is 17.8 Å². The highest BCUT2D eigenvalue weighted by Gasteiger charge is 2.02. The number of nitrogens with zero attached hydrogens (tertiary/aromatic N) is 1. The summed E-state index contributed by atoms with van der Waals surface area (Å²) in [4.78, 5) is 2.40. The summed E-state index contributed by atoms with van der Waals surface area (Å²) in [5, 5.41) is 3.30. The maximum Gasteiger partial charge on any atom is 0.0784 e. The Hall–Kier alpha value is -1.98. The van der Waals surface area contributed by atoms with Crippen molar-refractivity contribution in [1.82, 2.24) is 10.2 Å². The Balaban J connectivity index is -0.00000146. The zero-order chi connectivity index (χ0) is 22.4. The Kier molecular flexibility index (Phi) is 25.3. The Morgan fingerprint density at radius 3 is 2.18 bits per heavy atom. The van der Waals surface area contributed by atoms with Gasteiger partial charge in [0, 0.05) is 25.2 Å². The van der Waals surface area contributed by atoms with Gasteiger partial charge in [-0.25, -0.2) is 0 Å². The maximum atomic E-state index is 3.99. The van der Waals surface area contributed by atoms with E-state index in [4.69, 9.17) is 0 Å². The molecule has 0 saturated heterocycles. The molecule has 0 unspecified atom stereocenters. The monoisotopic (exact) mass is 386 g/mol. The second-order valence-corrected chi connectivity index (χ2v) is 6.08. The minimum Gasteiger partial charge on any atom is -0.377 e. The van der Waals surface area contributed by atoms with Crippen molar-refractivity contribution in [2.75, 3.05) is 26.2 Å². The molecule has 0 rings (SSSR count). The molecule has 0 atom stereocenters. The third kappa shape index (κ3) is 18.8. The molecule has 0 amide bonds. The van der Waals surface area contributed by atoms with Crippen molar-refractivity contribution in [3.8, 4) is 11.8 Å². The van der Waals surface area contributed by atoms with Crippen molar-refractivity contribution in [1.29, 1.82) is 0 Å². The molecule has 0 heterocycles. The van der Waals surface area contributed by atoms with Crippen LogP contribution in [0.25, 0.3) is 0 Å². The summed E-state index contributed by atoms with van der Waals surface area (Å²) in [5.41, 5.74) is 3.21. The van der Waals surface area contributed by atoms with Crippen LogP contribution in [0.2, 0.25) is 0 Å². The van der Waals surface area contributed by atoms with Gasteiger partial charge in [-0.05, 0) is 32.2 Å². The second-order valence-electron chi connectivity index (χ2n) is 6.08. The average Bonchev–Trinajstić information content (AvgIpc) is 2.71. The molecule has 0 aliphatic heterocycles. The van der Waals surface area contributed by atoms with Gasteiger partial charge in [-0.1, -0.05) is 103 Å². The third-order valence-corrected chi connectivity index (χ3v) is 3.54. The largest absolute Gasteiger partial charge is 0.377 e. The van der Waals surface area contributed by atoms with Gasteiger partial charge in [-0.3, -0.25) is 4.90 Å². The van der Waals surface area contributed by atoms with E-state index in [-0.39, 0.29) is 0 Å². The van der Waals surface area contributed by atoms with Crippen LogP contribution in [0.4, 0.5) is 0 Å². The van der Waals surface area contributed by atoms with Crippen LogP contribution in [0.5, 0.6) is 0 Å². The number of rotatable bonds is 10. The van der Waals surface area contributed by atoms with E-state index in [0.29, 0.717) is 5.92 Å². The maximum absolute atomic E-state index is 3.99. The lowest BCUT2D eigenvalue weighted by Gasteiger charge is -2.21. The molecule has 160 valence electrons. The van der Waals surface area contributed by atoms with Gasteiger partial charge in [0.2, 0.25) is 0 Å². The van der Waals surface area contributed by atoms with Crippen LogP contribution < -0.4 is 5.32 Å². The van der Waals surface area contributed by atoms with Crippen molar-refractivity contribution in [3.63, 3.8) is 0 Å². The summed E-state index contributed by atoms with van der Waals surface area (Å²) >= 11 is 0. The molecule has 0 aliphatic rings. The summed E-state index contributed by atoms with van der Waals surface area (Å²) in [6, 6.07) is 0. The average molecular weight is 387 g/mol. The summed E-state index contributed by atoms with van der Waals surface area (Å²) in [5.74, 6) is 6.67. The van der Waals surface area contributed by atoms with Crippen molar-refractivity contribution >= 4 is 0 Å². The van der Waals surface area contributed by atoms with Crippen LogP contribution >= 0.6 is 0 Å². The van der Waals surface area contributed by atoms with Crippen molar-refractivity contribution in [2.45, 2.75) is 62.3 Å². The molecule has 0 saturated carbocycles. The Morgan fingerprint density at radius 1 is 1.11 bits per heavy atom. The summed E-state index contributed by atoms with van der Waals surface area (Å²) in [6.07, 6.45) is 10.0. The third-order valence-electron chi connectivity index (χ3n) is 3.54. The van der Waals surface area contributed by atoms with Crippen LogP contribution in [0.1, 0.15) is 62.3 Å². The normalized spacial score (nSPS) is 11.1. The molecule has 2 heteroatoms. The first-order valence-electron chi connectivity index (χ1n) is 10.7. The second kappa shape index (κ2) is 23.1. The Bertz CT molecular complexity index is 537. The highest BCUT2D eigenvalue weighted by atomic mass is 15.1. The van der Waals surface area contributed by atoms with Crippen molar-refractivity contribution < 1.29 is 0 Å². The fourth-order valence-corrected chi connectivity index (χ4v) is 2.08. The molecule has 0 bridgehead atoms. The Morgan fingerprint density at radius 2 is 1.71 bits per heavy atom. The van der Waals surface area contributed by atoms with Crippen LogP contribution in [-0.4, -0.2) is 31.1 Å². The molecule has 0 aliphatic carbocycles. The predicted octanol–water partition coefficient (Wildman–Crippen LogP) is 6.76. The highest BCUT2D eigenvalue weighted by molar-refractivity contribution is 5.38. The molecule has 0 aromatic heterocycles. The molecular formula is C26H46N2. The van der Waals surface area contributed by atoms with Crippen LogP contribution in [0.15, 0.2) is 60.4 Å². The first kappa shape index (κ1) is 30.7. The molecular weight excluding hydrogens is 340 g/mol. The summed E-state index contributed by atoms with van der Waals surface area (Å²) < 4.78 is 0. The van der Waals surface area contributed by atoms with Gasteiger partial charge in [0.05, 0.1) is 5.70 Å². The van der Waals surface area contributed by atoms with Crippen LogP contribution in [-0.2, 0) is 0 Å². The number of hydrogen-bond acceptors (Lipinski definition) is 2. The fourth-order valence-electron chi connectivity index (χ4n) is 2.08. The first-order chi connectivity index (χ1) is 13.4. The van der Waals surface area contributed by atoms with E-state index in [1.54, 1.807) is 6.08 Å². The zero-order valence-corrected chi connectivity index (χ0v) is 20.2. The van der Waals surface area contributed by atoms with Crippen molar-refractivity contribution in [3.05, 3.63) is 60.4 Å². The molecule has 28 heavy (non-hydrogen) atoms. The number of nitrogens with one attached hydrogen (secondary N) is 1. The van der Waals surface area contributed by atoms with E-state index >= 15 is 0 Å². The van der Waals surface area contributed by atoms with Gasteiger partial charge in [0.25, 0.3) is 0 Å². The lowest BCUT2D eigenvalue weighted by atomic mass is 10.0. The van der Waals surface area contributed by atoms with E-state index < -0.39 is 0 Å². The zero-order valence-electron chi connectivity index (χ0n) is 20.2. The van der Waals surface area contributed by atoms with E-state index in [0.717, 1.165) is 37.4 Å². The summed E-state index contributed by atoms with van der Waals surface area (Å²) in [7, 11) is 0. The molecule has 0 aromatic carbocycles. The molecule has 0 aromatic rings. The van der Waals surface area contributed by atoms with E-state index in [1.807, 2.05) is 40.7 Å². The van der Waals surface area contributed by atoms with Crippen LogP contribution in [0.3, 0.4) is 0 Å². The topological polar surface area (TPSA) is 15.3 Å². The molecule has 2 nitrogen and oxygen atoms in total. The lowest BCUT2D eigenvalue weighted by molar-refractivity contribution is 0.315. The van der Waals surface area contributed by atoms with Gasteiger partial charge in [0.1, 0.15) is 0 Å². The first-order valence-corrected chi connectivity index (χ1v) is 10.7. The van der Waals surface area contributed by atoms with Gasteiger partial charge in [0.15, 0.2) is 0 Å². The number of likely N-dealkylation sites (N-methyl/N-ethyl adjacent to an activating group) is 1. The molecule has 1 N–H and O–H groups in total. The standard InChI is InChI=1S/C22H34N2.2C2H6/c1-8-11-13-20(6)18-24(10-3)17-16-23-21(7)14-15-22(12-9-2)19(4)5;2*1-2/h8-9,11-13,19,23H,2,7,10,16-18H2,1,3-6H3;2*1-2H3/b11-8-,20-13+,22-12-;;. The van der Waals surface area contributed by atoms with Gasteiger partial charge in [-0.2, -0.15) is 0 Å². The SMILES string of the molecule is C=C/C=C(/C#CC(=C)NCCN(CC)C/C(C)=C/C=C\C)C(C)C.CC.CC. The summed E-state index contributed by atoms with van der Waals surface area (Å²) in [6.45, 7) is 30.2. The Labute approximate surface area is 177 Å². The minimum absolute atomic E-state index is 0.394. The number of allylic oxidation sites excluding steroid dienone is 7. The van der Waals surface area contributed by atoms with Gasteiger partial charge < -0.3 is 5.32 Å².